The van der Waals surface area contributed by atoms with Gasteiger partial charge in [0.25, 0.3) is 0 Å². The number of aromatic nitrogens is 1. The Morgan fingerprint density at radius 1 is 1.00 bits per heavy atom. The lowest BCUT2D eigenvalue weighted by Crippen LogP contribution is -2.36. The van der Waals surface area contributed by atoms with Gasteiger partial charge in [-0.05, 0) is 42.0 Å². The van der Waals surface area contributed by atoms with Crippen molar-refractivity contribution >= 4 is 0 Å². The molecule has 2 N–H and O–H groups in total. The van der Waals surface area contributed by atoms with Gasteiger partial charge in [-0.15, -0.1) is 0 Å². The quantitative estimate of drug-likeness (QED) is 0.889. The molecule has 2 aromatic rings. The third kappa shape index (κ3) is 3.73. The van der Waals surface area contributed by atoms with Crippen molar-refractivity contribution in [2.24, 2.45) is 5.92 Å². The summed E-state index contributed by atoms with van der Waals surface area (Å²) in [6.45, 7) is 0.850. The lowest BCUT2D eigenvalue weighted by Gasteiger charge is -2.30. The molecule has 1 saturated carbocycles. The van der Waals surface area contributed by atoms with Crippen LogP contribution in [0.1, 0.15) is 42.9 Å². The first-order valence-electron chi connectivity index (χ1n) is 8.21. The van der Waals surface area contributed by atoms with Crippen LogP contribution in [0.3, 0.4) is 0 Å². The third-order valence-electron chi connectivity index (χ3n) is 4.63. The summed E-state index contributed by atoms with van der Waals surface area (Å²) in [7, 11) is 0. The van der Waals surface area contributed by atoms with Crippen LogP contribution in [0, 0.1) is 5.92 Å². The smallest absolute Gasteiger partial charge is 0.0580 e. The number of aliphatic hydroxyl groups is 1. The second-order valence-corrected chi connectivity index (χ2v) is 6.14. The lowest BCUT2D eigenvalue weighted by atomic mass is 9.86. The Morgan fingerprint density at radius 3 is 2.41 bits per heavy atom. The van der Waals surface area contributed by atoms with Crippen LogP contribution in [0.25, 0.3) is 0 Å². The topological polar surface area (TPSA) is 45.1 Å². The van der Waals surface area contributed by atoms with E-state index in [4.69, 9.17) is 0 Å². The molecule has 3 heteroatoms. The van der Waals surface area contributed by atoms with Gasteiger partial charge in [-0.25, -0.2) is 0 Å². The van der Waals surface area contributed by atoms with Gasteiger partial charge in [0.1, 0.15) is 0 Å². The highest BCUT2D eigenvalue weighted by Crippen LogP contribution is 2.26. The van der Waals surface area contributed by atoms with Crippen LogP contribution in [0.2, 0.25) is 0 Å². The van der Waals surface area contributed by atoms with Gasteiger partial charge in [0.15, 0.2) is 0 Å². The fourth-order valence-electron chi connectivity index (χ4n) is 3.32. The molecule has 1 aliphatic rings. The van der Waals surface area contributed by atoms with E-state index < -0.39 is 0 Å². The second-order valence-electron chi connectivity index (χ2n) is 6.14. The number of benzene rings is 1. The summed E-state index contributed by atoms with van der Waals surface area (Å²) >= 11 is 0. The Labute approximate surface area is 132 Å². The third-order valence-corrected chi connectivity index (χ3v) is 4.63. The van der Waals surface area contributed by atoms with Crippen molar-refractivity contribution in [3.8, 4) is 0 Å². The van der Waals surface area contributed by atoms with Crippen molar-refractivity contribution in [1.82, 2.24) is 10.3 Å². The summed E-state index contributed by atoms with van der Waals surface area (Å²) < 4.78 is 0. The average Bonchev–Trinajstić information content (AvgIpc) is 2.59. The van der Waals surface area contributed by atoms with Crippen LogP contribution in [0.5, 0.6) is 0 Å². The van der Waals surface area contributed by atoms with Crippen LogP contribution < -0.4 is 5.32 Å². The normalized spacial score (nSPS) is 23.1. The van der Waals surface area contributed by atoms with Crippen molar-refractivity contribution in [3.63, 3.8) is 0 Å². The van der Waals surface area contributed by atoms with Crippen molar-refractivity contribution in [1.29, 1.82) is 0 Å². The maximum atomic E-state index is 10.2. The monoisotopic (exact) mass is 296 g/mol. The van der Waals surface area contributed by atoms with E-state index in [1.165, 1.54) is 17.5 Å². The van der Waals surface area contributed by atoms with Gasteiger partial charge in [0.05, 0.1) is 12.1 Å². The van der Waals surface area contributed by atoms with Gasteiger partial charge in [-0.2, -0.15) is 0 Å². The summed E-state index contributed by atoms with van der Waals surface area (Å²) in [5.74, 6) is 0.363. The zero-order valence-electron chi connectivity index (χ0n) is 12.9. The van der Waals surface area contributed by atoms with Crippen LogP contribution in [-0.2, 0) is 0 Å². The molecular weight excluding hydrogens is 272 g/mol. The molecule has 22 heavy (non-hydrogen) atoms. The zero-order valence-corrected chi connectivity index (χ0v) is 12.9. The van der Waals surface area contributed by atoms with Crippen molar-refractivity contribution in [2.45, 2.75) is 37.8 Å². The minimum Gasteiger partial charge on any atom is -0.393 e. The summed E-state index contributed by atoms with van der Waals surface area (Å²) in [5.41, 5.74) is 2.46. The van der Waals surface area contributed by atoms with Crippen molar-refractivity contribution < 1.29 is 5.11 Å². The Hall–Kier alpha value is -1.71. The minimum atomic E-state index is -0.157. The molecule has 0 saturated heterocycles. The van der Waals surface area contributed by atoms with Gasteiger partial charge >= 0.3 is 0 Å². The molecule has 0 aliphatic heterocycles. The molecular formula is C19H24N2O. The molecule has 3 unspecified atom stereocenters. The van der Waals surface area contributed by atoms with Crippen LogP contribution >= 0.6 is 0 Å². The fourth-order valence-corrected chi connectivity index (χ4v) is 3.32. The highest BCUT2D eigenvalue weighted by molar-refractivity contribution is 5.30. The molecule has 116 valence electrons. The SMILES string of the molecule is OC1CCCCC1CNC(c1ccccc1)c1ccncc1. The molecule has 0 amide bonds. The maximum absolute atomic E-state index is 10.2. The number of aliphatic hydroxyl groups excluding tert-OH is 1. The molecule has 3 rings (SSSR count). The van der Waals surface area contributed by atoms with E-state index in [1.54, 1.807) is 0 Å². The highest BCUT2D eigenvalue weighted by atomic mass is 16.3. The number of rotatable bonds is 5. The first kappa shape index (κ1) is 15.2. The van der Waals surface area contributed by atoms with E-state index >= 15 is 0 Å². The van der Waals surface area contributed by atoms with Crippen molar-refractivity contribution in [2.75, 3.05) is 6.54 Å². The largest absolute Gasteiger partial charge is 0.393 e. The van der Waals surface area contributed by atoms with E-state index in [2.05, 4.69) is 46.7 Å². The standard InChI is InChI=1S/C19H24N2O/c22-18-9-5-4-8-17(18)14-21-19(15-6-2-1-3-7-15)16-10-12-20-13-11-16/h1-3,6-7,10-13,17-19,21-22H,4-5,8-9,14H2. The molecule has 0 radical (unpaired) electrons. The molecule has 1 aromatic carbocycles. The van der Waals surface area contributed by atoms with Crippen molar-refractivity contribution in [3.05, 3.63) is 66.0 Å². The van der Waals surface area contributed by atoms with Gasteiger partial charge in [-0.3, -0.25) is 4.98 Å². The summed E-state index contributed by atoms with van der Waals surface area (Å²) in [6.07, 6.45) is 7.96. The number of nitrogens with one attached hydrogen (secondary N) is 1. The molecule has 0 bridgehead atoms. The summed E-state index contributed by atoms with van der Waals surface area (Å²) in [5, 5.41) is 13.8. The van der Waals surface area contributed by atoms with Crippen LogP contribution in [0.4, 0.5) is 0 Å². The molecule has 3 nitrogen and oxygen atoms in total. The molecule has 1 fully saturated rings. The first-order valence-corrected chi connectivity index (χ1v) is 8.21. The first-order chi connectivity index (χ1) is 10.8. The Kier molecular flexibility index (Phi) is 5.20. The minimum absolute atomic E-state index is 0.151. The number of pyridine rings is 1. The number of hydrogen-bond donors (Lipinski definition) is 2. The Morgan fingerprint density at radius 2 is 1.68 bits per heavy atom. The molecule has 3 atom stereocenters. The molecule has 1 heterocycles. The maximum Gasteiger partial charge on any atom is 0.0580 e. The van der Waals surface area contributed by atoms with E-state index in [0.717, 1.165) is 25.8 Å². The zero-order chi connectivity index (χ0) is 15.2. The number of hydrogen-bond acceptors (Lipinski definition) is 3. The fraction of sp³-hybridized carbons (Fsp3) is 0.421. The van der Waals surface area contributed by atoms with Gasteiger partial charge in [-0.1, -0.05) is 43.2 Å². The molecule has 1 aromatic heterocycles. The van der Waals surface area contributed by atoms with E-state index in [9.17, 15) is 5.11 Å². The number of nitrogens with zero attached hydrogens (tertiary/aromatic N) is 1. The van der Waals surface area contributed by atoms with Crippen LogP contribution in [-0.4, -0.2) is 22.7 Å². The van der Waals surface area contributed by atoms with Gasteiger partial charge in [0, 0.05) is 18.9 Å². The molecule has 0 spiro atoms. The summed E-state index contributed by atoms with van der Waals surface area (Å²) in [6, 6.07) is 14.7. The lowest BCUT2D eigenvalue weighted by molar-refractivity contribution is 0.0687. The van der Waals surface area contributed by atoms with E-state index in [0.29, 0.717) is 5.92 Å². The average molecular weight is 296 g/mol. The Balaban J connectivity index is 1.74. The Bertz CT molecular complexity index is 519. The van der Waals surface area contributed by atoms with Gasteiger partial charge in [0.2, 0.25) is 0 Å². The molecule has 1 aliphatic carbocycles. The summed E-state index contributed by atoms with van der Waals surface area (Å²) in [4.78, 5) is 4.12. The second kappa shape index (κ2) is 7.52. The van der Waals surface area contributed by atoms with E-state index in [-0.39, 0.29) is 12.1 Å². The van der Waals surface area contributed by atoms with Gasteiger partial charge < -0.3 is 10.4 Å². The van der Waals surface area contributed by atoms with E-state index in [1.807, 2.05) is 18.5 Å². The van der Waals surface area contributed by atoms with Crippen LogP contribution in [0.15, 0.2) is 54.9 Å². The predicted molar refractivity (Wildman–Crippen MR) is 88.5 cm³/mol. The highest BCUT2D eigenvalue weighted by Gasteiger charge is 2.24. The predicted octanol–water partition coefficient (Wildman–Crippen LogP) is 3.31.